The standard InChI is InChI=1S/C29H30N4O5S/c1-19-3-9-24(10-4-19)39(35,36)33-23(6-5-20(2)34)17-25-26(11-14-30-29(25)33)38-27-18-32(22-7-8-22)31-28(27)21-12-15-37-16-13-21/h3-4,9-11,14,17-18,20-22,34H,7-8,12-13,15-16H2,1-2H3. The molecule has 0 radical (unpaired) electrons. The summed E-state index contributed by atoms with van der Waals surface area (Å²) in [7, 11) is -4.05. The highest BCUT2D eigenvalue weighted by molar-refractivity contribution is 7.90. The van der Waals surface area contributed by atoms with Gasteiger partial charge in [-0.15, -0.1) is 0 Å². The first-order chi connectivity index (χ1) is 18.8. The highest BCUT2D eigenvalue weighted by Gasteiger charge is 2.31. The van der Waals surface area contributed by atoms with Gasteiger partial charge in [-0.3, -0.25) is 4.68 Å². The van der Waals surface area contributed by atoms with Crippen LogP contribution in [0.2, 0.25) is 0 Å². The summed E-state index contributed by atoms with van der Waals surface area (Å²) in [6.07, 6.45) is 6.48. The molecular formula is C29H30N4O5S. The van der Waals surface area contributed by atoms with Crippen LogP contribution in [0.3, 0.4) is 0 Å². The number of aliphatic hydroxyl groups is 1. The minimum Gasteiger partial charge on any atom is -0.453 e. The average Bonchev–Trinajstić information content (AvgIpc) is 3.57. The zero-order chi connectivity index (χ0) is 27.1. The molecule has 0 spiro atoms. The smallest absolute Gasteiger partial charge is 0.270 e. The van der Waals surface area contributed by atoms with E-state index in [1.165, 1.54) is 13.1 Å². The van der Waals surface area contributed by atoms with Crippen LogP contribution in [0.4, 0.5) is 0 Å². The minimum atomic E-state index is -4.05. The Kier molecular flexibility index (Phi) is 6.67. The van der Waals surface area contributed by atoms with Gasteiger partial charge in [0, 0.05) is 25.3 Å². The third-order valence-electron chi connectivity index (χ3n) is 7.06. The summed E-state index contributed by atoms with van der Waals surface area (Å²) in [5, 5.41) is 15.2. The number of aliphatic hydroxyl groups excluding tert-OH is 1. The number of ether oxygens (including phenoxy) is 2. The van der Waals surface area contributed by atoms with E-state index in [-0.39, 0.29) is 22.2 Å². The molecule has 2 aliphatic rings. The Balaban J connectivity index is 1.47. The van der Waals surface area contributed by atoms with E-state index in [9.17, 15) is 13.5 Å². The molecule has 3 aromatic heterocycles. The second-order valence-corrected chi connectivity index (χ2v) is 12.0. The number of hydrogen-bond acceptors (Lipinski definition) is 7. The number of rotatable bonds is 6. The number of fused-ring (bicyclic) bond motifs is 1. The van der Waals surface area contributed by atoms with Crippen molar-refractivity contribution >= 4 is 21.1 Å². The molecular weight excluding hydrogens is 516 g/mol. The van der Waals surface area contributed by atoms with Gasteiger partial charge in [0.05, 0.1) is 22.5 Å². The summed E-state index contributed by atoms with van der Waals surface area (Å²) in [5.41, 5.74) is 2.23. The molecule has 4 heterocycles. The molecule has 39 heavy (non-hydrogen) atoms. The van der Waals surface area contributed by atoms with E-state index in [0.29, 0.717) is 36.1 Å². The summed E-state index contributed by atoms with van der Waals surface area (Å²) in [6, 6.07) is 10.4. The van der Waals surface area contributed by atoms with E-state index in [4.69, 9.17) is 14.6 Å². The molecule has 9 nitrogen and oxygen atoms in total. The molecule has 0 bridgehead atoms. The summed E-state index contributed by atoms with van der Waals surface area (Å²) < 4.78 is 42.8. The van der Waals surface area contributed by atoms with Crippen LogP contribution in [0, 0.1) is 18.8 Å². The highest BCUT2D eigenvalue weighted by Crippen LogP contribution is 2.42. The van der Waals surface area contributed by atoms with Gasteiger partial charge >= 0.3 is 0 Å². The Morgan fingerprint density at radius 1 is 1.10 bits per heavy atom. The van der Waals surface area contributed by atoms with Gasteiger partial charge in [0.25, 0.3) is 10.0 Å². The largest absolute Gasteiger partial charge is 0.453 e. The SMILES string of the molecule is Cc1ccc(S(=O)(=O)n2c(C#CC(C)O)cc3c(Oc4cn(C5CC5)nc4C4CCOCC4)ccnc32)cc1. The maximum absolute atomic E-state index is 13.8. The number of benzene rings is 1. The van der Waals surface area contributed by atoms with Crippen molar-refractivity contribution in [3.8, 4) is 23.3 Å². The van der Waals surface area contributed by atoms with Crippen molar-refractivity contribution in [2.45, 2.75) is 62.5 Å². The van der Waals surface area contributed by atoms with Crippen molar-refractivity contribution in [1.82, 2.24) is 18.7 Å². The number of nitrogens with zero attached hydrogens (tertiary/aromatic N) is 4. The third-order valence-corrected chi connectivity index (χ3v) is 8.78. The zero-order valence-electron chi connectivity index (χ0n) is 21.9. The van der Waals surface area contributed by atoms with Crippen LogP contribution in [0.1, 0.15) is 61.5 Å². The molecule has 2 fully saturated rings. The van der Waals surface area contributed by atoms with E-state index in [0.717, 1.165) is 40.9 Å². The van der Waals surface area contributed by atoms with Crippen molar-refractivity contribution in [3.63, 3.8) is 0 Å². The van der Waals surface area contributed by atoms with Crippen molar-refractivity contribution in [2.24, 2.45) is 0 Å². The van der Waals surface area contributed by atoms with E-state index >= 15 is 0 Å². The van der Waals surface area contributed by atoms with E-state index in [2.05, 4.69) is 16.8 Å². The van der Waals surface area contributed by atoms with Gasteiger partial charge in [0.1, 0.15) is 23.2 Å². The zero-order valence-corrected chi connectivity index (χ0v) is 22.7. The molecule has 0 amide bonds. The molecule has 202 valence electrons. The second-order valence-electron chi connectivity index (χ2n) is 10.2. The average molecular weight is 547 g/mol. The molecule has 1 atom stereocenters. The highest BCUT2D eigenvalue weighted by atomic mass is 32.2. The second kappa shape index (κ2) is 10.2. The van der Waals surface area contributed by atoms with Crippen LogP contribution < -0.4 is 4.74 Å². The summed E-state index contributed by atoms with van der Waals surface area (Å²) in [5.74, 6) is 6.84. The van der Waals surface area contributed by atoms with Gasteiger partial charge in [0.15, 0.2) is 11.4 Å². The van der Waals surface area contributed by atoms with Crippen molar-refractivity contribution in [1.29, 1.82) is 0 Å². The van der Waals surface area contributed by atoms with Crippen LogP contribution in [-0.2, 0) is 14.8 Å². The van der Waals surface area contributed by atoms with E-state index in [1.54, 1.807) is 36.4 Å². The summed E-state index contributed by atoms with van der Waals surface area (Å²) in [4.78, 5) is 4.55. The number of pyridine rings is 1. The normalized spacial score (nSPS) is 17.1. The monoisotopic (exact) mass is 546 g/mol. The number of aromatic nitrogens is 4. The Morgan fingerprint density at radius 3 is 2.54 bits per heavy atom. The number of aryl methyl sites for hydroxylation is 1. The van der Waals surface area contributed by atoms with Gasteiger partial charge < -0.3 is 14.6 Å². The quantitative estimate of drug-likeness (QED) is 0.354. The Morgan fingerprint density at radius 2 is 1.85 bits per heavy atom. The molecule has 1 aromatic carbocycles. The van der Waals surface area contributed by atoms with Crippen molar-refractivity contribution in [2.75, 3.05) is 13.2 Å². The first-order valence-electron chi connectivity index (χ1n) is 13.2. The van der Waals surface area contributed by atoms with Gasteiger partial charge in [0.2, 0.25) is 0 Å². The van der Waals surface area contributed by atoms with Gasteiger partial charge in [-0.1, -0.05) is 23.6 Å². The topological polar surface area (TPSA) is 108 Å². The molecule has 4 aromatic rings. The Labute approximate surface area is 227 Å². The first kappa shape index (κ1) is 25.6. The first-order valence-corrected chi connectivity index (χ1v) is 14.6. The van der Waals surface area contributed by atoms with Crippen LogP contribution in [0.5, 0.6) is 11.5 Å². The molecule has 1 N–H and O–H groups in total. The summed E-state index contributed by atoms with van der Waals surface area (Å²) >= 11 is 0. The lowest BCUT2D eigenvalue weighted by molar-refractivity contribution is 0.0839. The molecule has 1 saturated carbocycles. The van der Waals surface area contributed by atoms with Crippen molar-refractivity contribution < 1.29 is 23.0 Å². The van der Waals surface area contributed by atoms with E-state index in [1.807, 2.05) is 17.8 Å². The molecule has 1 unspecified atom stereocenters. The number of hydrogen-bond donors (Lipinski definition) is 1. The molecule has 1 aliphatic carbocycles. The van der Waals surface area contributed by atoms with Gasteiger partial charge in [-0.25, -0.2) is 17.4 Å². The molecule has 1 saturated heterocycles. The molecule has 6 rings (SSSR count). The third kappa shape index (κ3) is 5.05. The summed E-state index contributed by atoms with van der Waals surface area (Å²) in [6.45, 7) is 4.79. The maximum Gasteiger partial charge on any atom is 0.270 e. The molecule has 10 heteroatoms. The lowest BCUT2D eigenvalue weighted by Gasteiger charge is -2.21. The lowest BCUT2D eigenvalue weighted by atomic mass is 9.96. The fourth-order valence-electron chi connectivity index (χ4n) is 4.83. The maximum atomic E-state index is 13.8. The van der Waals surface area contributed by atoms with Gasteiger partial charge in [-0.2, -0.15) is 5.10 Å². The van der Waals surface area contributed by atoms with Crippen LogP contribution in [-0.4, -0.2) is 51.6 Å². The van der Waals surface area contributed by atoms with Crippen LogP contribution >= 0.6 is 0 Å². The lowest BCUT2D eigenvalue weighted by Crippen LogP contribution is -2.15. The Hall–Kier alpha value is -3.65. The van der Waals surface area contributed by atoms with Crippen molar-refractivity contribution in [3.05, 3.63) is 65.7 Å². The fourth-order valence-corrected chi connectivity index (χ4v) is 6.25. The van der Waals surface area contributed by atoms with Crippen LogP contribution in [0.15, 0.2) is 53.7 Å². The predicted molar refractivity (Wildman–Crippen MR) is 145 cm³/mol. The molecule has 1 aliphatic heterocycles. The van der Waals surface area contributed by atoms with E-state index < -0.39 is 16.1 Å². The Bertz CT molecular complexity index is 1680. The minimum absolute atomic E-state index is 0.117. The van der Waals surface area contributed by atoms with Gasteiger partial charge in [-0.05, 0) is 69.7 Å². The van der Waals surface area contributed by atoms with Crippen LogP contribution in [0.25, 0.3) is 11.0 Å². The predicted octanol–water partition coefficient (Wildman–Crippen LogP) is 4.53. The fraction of sp³-hybridized carbons (Fsp3) is 0.379.